The molecule has 0 aromatic heterocycles. The Balaban J connectivity index is 0.000000354. The summed E-state index contributed by atoms with van der Waals surface area (Å²) in [5.74, 6) is 8.78. The van der Waals surface area contributed by atoms with Crippen LogP contribution in [-0.4, -0.2) is 0 Å². The topological polar surface area (TPSA) is 0 Å². The van der Waals surface area contributed by atoms with Crippen LogP contribution in [0.25, 0.3) is 0 Å². The van der Waals surface area contributed by atoms with Gasteiger partial charge in [-0.25, -0.2) is 0 Å². The number of rotatable bonds is 2. The highest BCUT2D eigenvalue weighted by atomic mass is 14.5. The van der Waals surface area contributed by atoms with Crippen LogP contribution in [0.4, 0.5) is 0 Å². The number of fused-ring (bicyclic) bond motifs is 2. The van der Waals surface area contributed by atoms with Crippen LogP contribution < -0.4 is 0 Å². The van der Waals surface area contributed by atoms with Crippen LogP contribution >= 0.6 is 0 Å². The number of hydrogen-bond donors (Lipinski definition) is 0. The maximum absolute atomic E-state index is 2.39. The molecule has 22 heavy (non-hydrogen) atoms. The molecule has 134 valence electrons. The van der Waals surface area contributed by atoms with E-state index in [9.17, 15) is 0 Å². The van der Waals surface area contributed by atoms with Crippen LogP contribution in [0.3, 0.4) is 0 Å². The quantitative estimate of drug-likeness (QED) is 0.490. The standard InChI is InChI=1S/C10H18.C9H16.3CH4/c1-7(2)10-6-8-4-3-5-9(8)10;1-6(2)7-3-8-5-9(8)4-7;;;/h7-10H,3-6H2,1-2H3;6-9H,3-5H2,1-2H3;3*1H4. The lowest BCUT2D eigenvalue weighted by Gasteiger charge is -2.43. The average molecular weight is 311 g/mol. The third-order valence-electron chi connectivity index (χ3n) is 6.92. The second kappa shape index (κ2) is 8.74. The van der Waals surface area contributed by atoms with E-state index in [2.05, 4.69) is 27.7 Å². The molecule has 0 nitrogen and oxygen atoms in total. The average Bonchev–Trinajstić information content (AvgIpc) is 2.76. The smallest absolute Gasteiger partial charge is 0.0355 e. The summed E-state index contributed by atoms with van der Waals surface area (Å²) >= 11 is 0. The molecule has 4 saturated carbocycles. The minimum Gasteiger partial charge on any atom is -0.0776 e. The highest BCUT2D eigenvalue weighted by molar-refractivity contribution is 4.96. The fourth-order valence-electron chi connectivity index (χ4n) is 5.32. The van der Waals surface area contributed by atoms with Gasteiger partial charge < -0.3 is 0 Å². The lowest BCUT2D eigenvalue weighted by molar-refractivity contribution is 0.0621. The van der Waals surface area contributed by atoms with Gasteiger partial charge in [-0.1, -0.05) is 62.8 Å². The monoisotopic (exact) mass is 310 g/mol. The second-order valence-electron chi connectivity index (χ2n) is 8.73. The van der Waals surface area contributed by atoms with E-state index in [0.717, 1.165) is 35.5 Å². The molecular weight excluding hydrogens is 264 g/mol. The fraction of sp³-hybridized carbons (Fsp3) is 1.00. The van der Waals surface area contributed by atoms with E-state index in [1.165, 1.54) is 18.3 Å². The van der Waals surface area contributed by atoms with Gasteiger partial charge in [-0.2, -0.15) is 0 Å². The zero-order chi connectivity index (χ0) is 13.6. The molecule has 5 unspecified atom stereocenters. The van der Waals surface area contributed by atoms with E-state index in [4.69, 9.17) is 0 Å². The van der Waals surface area contributed by atoms with E-state index in [0.29, 0.717) is 0 Å². The van der Waals surface area contributed by atoms with Crippen molar-refractivity contribution in [2.75, 3.05) is 0 Å². The summed E-state index contributed by atoms with van der Waals surface area (Å²) < 4.78 is 0. The molecule has 0 aromatic carbocycles. The van der Waals surface area contributed by atoms with Crippen molar-refractivity contribution in [1.29, 1.82) is 0 Å². The molecule has 0 radical (unpaired) electrons. The first-order valence-corrected chi connectivity index (χ1v) is 9.06. The summed E-state index contributed by atoms with van der Waals surface area (Å²) in [7, 11) is 0. The Labute approximate surface area is 142 Å². The summed E-state index contributed by atoms with van der Waals surface area (Å²) in [5, 5.41) is 0. The van der Waals surface area contributed by atoms with Crippen molar-refractivity contribution < 1.29 is 0 Å². The molecule has 4 aliphatic rings. The first-order chi connectivity index (χ1) is 9.06. The maximum atomic E-state index is 2.39. The lowest BCUT2D eigenvalue weighted by atomic mass is 9.62. The minimum absolute atomic E-state index is 0. The second-order valence-corrected chi connectivity index (χ2v) is 8.73. The van der Waals surface area contributed by atoms with Gasteiger partial charge in [0.15, 0.2) is 0 Å². The van der Waals surface area contributed by atoms with Gasteiger partial charge in [0.05, 0.1) is 0 Å². The van der Waals surface area contributed by atoms with Gasteiger partial charge in [-0.15, -0.1) is 0 Å². The van der Waals surface area contributed by atoms with Crippen molar-refractivity contribution in [1.82, 2.24) is 0 Å². The lowest BCUT2D eigenvalue weighted by Crippen LogP contribution is -2.35. The maximum Gasteiger partial charge on any atom is -0.0355 e. The molecule has 0 aliphatic heterocycles. The highest BCUT2D eigenvalue weighted by Crippen LogP contribution is 2.56. The molecule has 4 aliphatic carbocycles. The van der Waals surface area contributed by atoms with Crippen molar-refractivity contribution in [2.24, 2.45) is 47.3 Å². The van der Waals surface area contributed by atoms with Gasteiger partial charge in [0.2, 0.25) is 0 Å². The Morgan fingerprint density at radius 1 is 0.636 bits per heavy atom. The van der Waals surface area contributed by atoms with Gasteiger partial charge in [0, 0.05) is 0 Å². The summed E-state index contributed by atoms with van der Waals surface area (Å²) in [4.78, 5) is 0. The zero-order valence-corrected chi connectivity index (χ0v) is 13.6. The Hall–Kier alpha value is 0. The van der Waals surface area contributed by atoms with Crippen molar-refractivity contribution in [2.45, 2.75) is 94.9 Å². The van der Waals surface area contributed by atoms with Crippen LogP contribution in [-0.2, 0) is 0 Å². The van der Waals surface area contributed by atoms with E-state index in [1.54, 1.807) is 38.5 Å². The van der Waals surface area contributed by atoms with Gasteiger partial charge >= 0.3 is 0 Å². The van der Waals surface area contributed by atoms with Crippen molar-refractivity contribution in [3.63, 3.8) is 0 Å². The molecule has 0 amide bonds. The molecule has 0 N–H and O–H groups in total. The molecule has 0 bridgehead atoms. The van der Waals surface area contributed by atoms with Crippen molar-refractivity contribution in [3.05, 3.63) is 0 Å². The molecule has 0 heterocycles. The van der Waals surface area contributed by atoms with E-state index >= 15 is 0 Å². The van der Waals surface area contributed by atoms with Gasteiger partial charge in [0.1, 0.15) is 0 Å². The summed E-state index contributed by atoms with van der Waals surface area (Å²) in [6.07, 6.45) is 10.9. The van der Waals surface area contributed by atoms with Crippen LogP contribution in [0.1, 0.15) is 94.9 Å². The molecule has 4 rings (SSSR count). The molecule has 0 aromatic rings. The summed E-state index contributed by atoms with van der Waals surface area (Å²) in [6, 6.07) is 0. The van der Waals surface area contributed by atoms with Crippen LogP contribution in [0.5, 0.6) is 0 Å². The van der Waals surface area contributed by atoms with Crippen molar-refractivity contribution in [3.8, 4) is 0 Å². The highest BCUT2D eigenvalue weighted by Gasteiger charge is 2.46. The zero-order valence-electron chi connectivity index (χ0n) is 13.6. The van der Waals surface area contributed by atoms with E-state index in [1.807, 2.05) is 0 Å². The SMILES string of the molecule is C.C.C.CC(C)C1CC2CC2C1.CC(C)C1CC2CCCC21. The minimum atomic E-state index is 0. The fourth-order valence-corrected chi connectivity index (χ4v) is 5.32. The normalized spacial score (nSPS) is 40.1. The first-order valence-electron chi connectivity index (χ1n) is 9.06. The van der Waals surface area contributed by atoms with Gasteiger partial charge in [-0.05, 0) is 79.4 Å². The third-order valence-corrected chi connectivity index (χ3v) is 6.92. The molecule has 0 heteroatoms. The third kappa shape index (κ3) is 4.51. The largest absolute Gasteiger partial charge is 0.0776 e. The van der Waals surface area contributed by atoms with E-state index in [-0.39, 0.29) is 22.3 Å². The summed E-state index contributed by atoms with van der Waals surface area (Å²) in [6.45, 7) is 9.52. The van der Waals surface area contributed by atoms with Gasteiger partial charge in [0.25, 0.3) is 0 Å². The molecule has 0 spiro atoms. The van der Waals surface area contributed by atoms with E-state index < -0.39 is 0 Å². The van der Waals surface area contributed by atoms with Crippen molar-refractivity contribution >= 4 is 0 Å². The summed E-state index contributed by atoms with van der Waals surface area (Å²) in [5.41, 5.74) is 0. The molecular formula is C22H46. The first kappa shape index (κ1) is 22.0. The Bertz CT molecular complexity index is 293. The Morgan fingerprint density at radius 2 is 1.23 bits per heavy atom. The van der Waals surface area contributed by atoms with Crippen LogP contribution in [0.15, 0.2) is 0 Å². The van der Waals surface area contributed by atoms with Crippen LogP contribution in [0, 0.1) is 47.3 Å². The van der Waals surface area contributed by atoms with Gasteiger partial charge in [-0.3, -0.25) is 0 Å². The molecule has 5 atom stereocenters. The Kier molecular flexibility index (Phi) is 8.74. The predicted octanol–water partition coefficient (Wildman–Crippen LogP) is 7.68. The number of hydrogen-bond acceptors (Lipinski definition) is 0. The molecule has 0 saturated heterocycles. The molecule has 4 fully saturated rings. The predicted molar refractivity (Wildman–Crippen MR) is 103 cm³/mol. The Morgan fingerprint density at radius 3 is 1.64 bits per heavy atom. The van der Waals surface area contributed by atoms with Crippen LogP contribution in [0.2, 0.25) is 0 Å².